The van der Waals surface area contributed by atoms with E-state index in [0.29, 0.717) is 67.5 Å². The van der Waals surface area contributed by atoms with Gasteiger partial charge in [-0.1, -0.05) is 25.1 Å². The van der Waals surface area contributed by atoms with E-state index in [2.05, 4.69) is 20.3 Å². The van der Waals surface area contributed by atoms with Gasteiger partial charge < -0.3 is 9.80 Å². The zero-order valence-electron chi connectivity index (χ0n) is 21.0. The summed E-state index contributed by atoms with van der Waals surface area (Å²) in [5.41, 5.74) is 1.88. The molecule has 5 rings (SSSR count). The highest BCUT2D eigenvalue weighted by Gasteiger charge is 2.27. The Kier molecular flexibility index (Phi) is 7.04. The van der Waals surface area contributed by atoms with Gasteiger partial charge in [-0.2, -0.15) is 8.99 Å². The highest BCUT2D eigenvalue weighted by atomic mass is 32.2. The van der Waals surface area contributed by atoms with E-state index in [0.717, 1.165) is 0 Å². The fourth-order valence-electron chi connectivity index (χ4n) is 4.54. The van der Waals surface area contributed by atoms with Crippen molar-refractivity contribution in [1.29, 1.82) is 0 Å². The summed E-state index contributed by atoms with van der Waals surface area (Å²) in [4.78, 5) is 25.7. The molecule has 0 N–H and O–H groups in total. The number of hydrogen-bond acceptors (Lipinski definition) is 8. The smallest absolute Gasteiger partial charge is 0.253 e. The number of carbonyl (C=O) groups excluding carboxylic acids is 1. The number of anilines is 1. The van der Waals surface area contributed by atoms with Gasteiger partial charge in [-0.05, 0) is 42.5 Å². The first-order valence-corrected chi connectivity index (χ1v) is 13.7. The third kappa shape index (κ3) is 4.70. The van der Waals surface area contributed by atoms with E-state index >= 15 is 0 Å². The van der Waals surface area contributed by atoms with Crippen LogP contribution in [0.5, 0.6) is 0 Å². The normalized spacial score (nSPS) is 14.4. The van der Waals surface area contributed by atoms with Gasteiger partial charge in [-0.15, -0.1) is 5.10 Å². The Morgan fingerprint density at radius 1 is 1.00 bits per heavy atom. The third-order valence-electron chi connectivity index (χ3n) is 6.58. The van der Waals surface area contributed by atoms with E-state index in [1.54, 1.807) is 43.0 Å². The predicted octanol–water partition coefficient (Wildman–Crippen LogP) is 2.34. The van der Waals surface area contributed by atoms with Crippen molar-refractivity contribution in [2.45, 2.75) is 18.7 Å². The number of hydrogen-bond donors (Lipinski definition) is 0. The molecule has 1 amide bonds. The van der Waals surface area contributed by atoms with Crippen LogP contribution in [0.1, 0.15) is 24.2 Å². The average molecular weight is 539 g/mol. The molecule has 11 nitrogen and oxygen atoms in total. The van der Waals surface area contributed by atoms with E-state index < -0.39 is 10.0 Å². The van der Waals surface area contributed by atoms with Crippen molar-refractivity contribution >= 4 is 32.9 Å². The first-order valence-electron chi connectivity index (χ1n) is 12.3. The lowest BCUT2D eigenvalue weighted by atomic mass is 10.2. The van der Waals surface area contributed by atoms with Gasteiger partial charge in [-0.25, -0.2) is 22.8 Å². The highest BCUT2D eigenvalue weighted by molar-refractivity contribution is 7.89. The van der Waals surface area contributed by atoms with Gasteiger partial charge in [0, 0.05) is 44.8 Å². The molecule has 198 valence electrons. The summed E-state index contributed by atoms with van der Waals surface area (Å²) in [6.45, 7) is 6.25. The number of piperazine rings is 1. The van der Waals surface area contributed by atoms with Gasteiger partial charge in [0.1, 0.15) is 12.1 Å². The van der Waals surface area contributed by atoms with Crippen LogP contribution in [0.2, 0.25) is 0 Å². The SMILES string of the molecule is CCN(CC)S(=O)(=O)c1ccc(C(=O)N2CCN(c3ncnc4c3nnn4-c3cccc(F)c3)CC2)cc1. The van der Waals surface area contributed by atoms with Crippen LogP contribution in [-0.2, 0) is 10.0 Å². The molecular formula is C25H27FN8O3S. The second kappa shape index (κ2) is 10.4. The molecule has 0 bridgehead atoms. The number of amides is 1. The fourth-order valence-corrected chi connectivity index (χ4v) is 5.99. The lowest BCUT2D eigenvalue weighted by Gasteiger charge is -2.35. The van der Waals surface area contributed by atoms with Crippen molar-refractivity contribution in [3.63, 3.8) is 0 Å². The van der Waals surface area contributed by atoms with Crippen molar-refractivity contribution in [2.75, 3.05) is 44.2 Å². The van der Waals surface area contributed by atoms with Crippen LogP contribution in [0.4, 0.5) is 10.2 Å². The molecule has 0 atom stereocenters. The van der Waals surface area contributed by atoms with Crippen molar-refractivity contribution in [3.05, 3.63) is 66.2 Å². The first kappa shape index (κ1) is 25.7. The fraction of sp³-hybridized carbons (Fsp3) is 0.320. The molecule has 2 aromatic carbocycles. The van der Waals surface area contributed by atoms with Crippen LogP contribution in [0, 0.1) is 5.82 Å². The van der Waals surface area contributed by atoms with Gasteiger partial charge in [0.25, 0.3) is 5.91 Å². The number of aromatic nitrogens is 5. The third-order valence-corrected chi connectivity index (χ3v) is 8.65. The first-order chi connectivity index (χ1) is 18.3. The average Bonchev–Trinajstić information content (AvgIpc) is 3.38. The number of carbonyl (C=O) groups is 1. The quantitative estimate of drug-likeness (QED) is 0.352. The lowest BCUT2D eigenvalue weighted by molar-refractivity contribution is 0.0746. The van der Waals surface area contributed by atoms with Gasteiger partial charge in [-0.3, -0.25) is 4.79 Å². The minimum atomic E-state index is -3.58. The lowest BCUT2D eigenvalue weighted by Crippen LogP contribution is -2.49. The predicted molar refractivity (Wildman–Crippen MR) is 139 cm³/mol. The number of fused-ring (bicyclic) bond motifs is 1. The minimum absolute atomic E-state index is 0.165. The summed E-state index contributed by atoms with van der Waals surface area (Å²) in [6, 6.07) is 12.1. The minimum Gasteiger partial charge on any atom is -0.351 e. The zero-order chi connectivity index (χ0) is 26.9. The van der Waals surface area contributed by atoms with Crippen molar-refractivity contribution < 1.29 is 17.6 Å². The Balaban J connectivity index is 1.29. The molecular weight excluding hydrogens is 511 g/mol. The number of nitrogens with zero attached hydrogens (tertiary/aromatic N) is 8. The van der Waals surface area contributed by atoms with E-state index in [1.807, 2.05) is 4.90 Å². The summed E-state index contributed by atoms with van der Waals surface area (Å²) in [7, 11) is -3.58. The van der Waals surface area contributed by atoms with Gasteiger partial charge in [0.2, 0.25) is 10.0 Å². The summed E-state index contributed by atoms with van der Waals surface area (Å²) in [6.07, 6.45) is 1.42. The molecule has 13 heteroatoms. The Morgan fingerprint density at radius 2 is 1.71 bits per heavy atom. The molecule has 1 saturated heterocycles. The maximum absolute atomic E-state index is 13.7. The second-order valence-corrected chi connectivity index (χ2v) is 10.7. The number of halogens is 1. The largest absolute Gasteiger partial charge is 0.351 e. The van der Waals surface area contributed by atoms with Crippen molar-refractivity contribution in [1.82, 2.24) is 34.2 Å². The summed E-state index contributed by atoms with van der Waals surface area (Å²) in [5, 5.41) is 8.40. The van der Waals surface area contributed by atoms with Crippen LogP contribution in [0.15, 0.2) is 59.8 Å². The van der Waals surface area contributed by atoms with E-state index in [1.165, 1.54) is 39.6 Å². The Hall–Kier alpha value is -3.97. The summed E-state index contributed by atoms with van der Waals surface area (Å²) >= 11 is 0. The molecule has 2 aromatic heterocycles. The maximum Gasteiger partial charge on any atom is 0.253 e. The number of sulfonamides is 1. The Morgan fingerprint density at radius 3 is 2.37 bits per heavy atom. The molecule has 1 aliphatic heterocycles. The zero-order valence-corrected chi connectivity index (χ0v) is 21.8. The molecule has 1 fully saturated rings. The standard InChI is InChI=1S/C25H27FN8O3S/c1-3-33(4-2)38(36,37)21-10-8-18(9-11-21)25(35)32-14-12-31(13-15-32)23-22-24(28-17-27-23)34(30-29-22)20-7-5-6-19(26)16-20/h5-11,16-17H,3-4,12-15H2,1-2H3. The molecule has 38 heavy (non-hydrogen) atoms. The van der Waals surface area contributed by atoms with Gasteiger partial charge >= 0.3 is 0 Å². The second-order valence-electron chi connectivity index (χ2n) is 8.74. The van der Waals surface area contributed by atoms with Gasteiger partial charge in [0.15, 0.2) is 17.0 Å². The molecule has 0 aliphatic carbocycles. The molecule has 0 unspecified atom stereocenters. The van der Waals surface area contributed by atoms with Crippen LogP contribution in [-0.4, -0.2) is 87.8 Å². The molecule has 3 heterocycles. The summed E-state index contributed by atoms with van der Waals surface area (Å²) in [5.74, 6) is 0.0402. The van der Waals surface area contributed by atoms with Crippen LogP contribution in [0.3, 0.4) is 0 Å². The van der Waals surface area contributed by atoms with Crippen LogP contribution in [0.25, 0.3) is 16.9 Å². The molecule has 1 aliphatic rings. The van der Waals surface area contributed by atoms with Crippen molar-refractivity contribution in [2.24, 2.45) is 0 Å². The van der Waals surface area contributed by atoms with Crippen LogP contribution < -0.4 is 4.90 Å². The topological polar surface area (TPSA) is 117 Å². The molecule has 4 aromatic rings. The number of benzene rings is 2. The molecule has 0 radical (unpaired) electrons. The summed E-state index contributed by atoms with van der Waals surface area (Å²) < 4.78 is 42.0. The van der Waals surface area contributed by atoms with E-state index in [-0.39, 0.29) is 16.6 Å². The molecule has 0 spiro atoms. The molecule has 0 saturated carbocycles. The Labute approximate surface area is 219 Å². The Bertz CT molecular complexity index is 1560. The van der Waals surface area contributed by atoms with Crippen LogP contribution >= 0.6 is 0 Å². The number of rotatable bonds is 7. The maximum atomic E-state index is 13.7. The monoisotopic (exact) mass is 538 g/mol. The van der Waals surface area contributed by atoms with E-state index in [4.69, 9.17) is 0 Å². The van der Waals surface area contributed by atoms with Crippen molar-refractivity contribution in [3.8, 4) is 5.69 Å². The van der Waals surface area contributed by atoms with E-state index in [9.17, 15) is 17.6 Å². The highest BCUT2D eigenvalue weighted by Crippen LogP contribution is 2.24. The van der Waals surface area contributed by atoms with Gasteiger partial charge in [0.05, 0.1) is 10.6 Å².